The zero-order valence-electron chi connectivity index (χ0n) is 10.0. The Bertz CT molecular complexity index is 557. The maximum Gasteiger partial charge on any atom is 0.123 e. The van der Waals surface area contributed by atoms with Crippen molar-refractivity contribution >= 4 is 5.71 Å². The van der Waals surface area contributed by atoms with Crippen LogP contribution in [0.25, 0.3) is 0 Å². The van der Waals surface area contributed by atoms with Crippen molar-refractivity contribution in [3.8, 4) is 0 Å². The fourth-order valence-corrected chi connectivity index (χ4v) is 2.37. The second-order valence-electron chi connectivity index (χ2n) is 4.55. The zero-order chi connectivity index (χ0) is 12.4. The van der Waals surface area contributed by atoms with E-state index in [4.69, 9.17) is 4.99 Å². The van der Waals surface area contributed by atoms with Crippen molar-refractivity contribution in [1.29, 1.82) is 0 Å². The van der Waals surface area contributed by atoms with Crippen molar-refractivity contribution in [1.82, 2.24) is 0 Å². The number of nitrogens with zero attached hydrogens (tertiary/aromatic N) is 1. The molecule has 0 fully saturated rings. The second-order valence-corrected chi connectivity index (χ2v) is 4.55. The van der Waals surface area contributed by atoms with E-state index in [2.05, 4.69) is 12.1 Å². The monoisotopic (exact) mass is 239 g/mol. The van der Waals surface area contributed by atoms with Crippen molar-refractivity contribution in [2.24, 2.45) is 4.99 Å². The third-order valence-electron chi connectivity index (χ3n) is 3.33. The summed E-state index contributed by atoms with van der Waals surface area (Å²) in [6.45, 7) is 0. The van der Waals surface area contributed by atoms with Gasteiger partial charge in [-0.1, -0.05) is 42.5 Å². The summed E-state index contributed by atoms with van der Waals surface area (Å²) >= 11 is 0. The number of benzene rings is 2. The maximum atomic E-state index is 12.9. The molecular weight excluding hydrogens is 225 g/mol. The molecule has 0 aromatic heterocycles. The van der Waals surface area contributed by atoms with Gasteiger partial charge in [0.25, 0.3) is 0 Å². The summed E-state index contributed by atoms with van der Waals surface area (Å²) in [5, 5.41) is 0. The van der Waals surface area contributed by atoms with Gasteiger partial charge in [0.2, 0.25) is 0 Å². The Morgan fingerprint density at radius 2 is 1.67 bits per heavy atom. The lowest BCUT2D eigenvalue weighted by Gasteiger charge is -2.05. The molecule has 2 aromatic rings. The number of hydrogen-bond acceptors (Lipinski definition) is 1. The Morgan fingerprint density at radius 3 is 2.39 bits per heavy atom. The predicted molar refractivity (Wildman–Crippen MR) is 71.4 cm³/mol. The van der Waals surface area contributed by atoms with E-state index in [0.29, 0.717) is 0 Å². The minimum Gasteiger partial charge on any atom is -0.281 e. The van der Waals surface area contributed by atoms with Crippen molar-refractivity contribution < 1.29 is 4.39 Å². The summed E-state index contributed by atoms with van der Waals surface area (Å²) in [7, 11) is 0. The fourth-order valence-electron chi connectivity index (χ4n) is 2.37. The average Bonchev–Trinajstić information content (AvgIpc) is 2.90. The molecule has 2 aromatic carbocycles. The quantitative estimate of drug-likeness (QED) is 0.746. The molecule has 1 nitrogen and oxygen atoms in total. The number of halogens is 1. The van der Waals surface area contributed by atoms with E-state index in [9.17, 15) is 4.39 Å². The highest BCUT2D eigenvalue weighted by Gasteiger charge is 2.19. The topological polar surface area (TPSA) is 12.4 Å². The van der Waals surface area contributed by atoms with Gasteiger partial charge in [-0.15, -0.1) is 0 Å². The first-order valence-corrected chi connectivity index (χ1v) is 6.20. The standard InChI is InChI=1S/C16H14FN/c17-14-8-6-13(7-9-14)16-11-10-15(18-16)12-4-2-1-3-5-12/h1-9,16H,10-11H2. The van der Waals surface area contributed by atoms with E-state index in [1.807, 2.05) is 30.3 Å². The largest absolute Gasteiger partial charge is 0.281 e. The van der Waals surface area contributed by atoms with E-state index in [-0.39, 0.29) is 11.9 Å². The van der Waals surface area contributed by atoms with Crippen molar-refractivity contribution in [3.63, 3.8) is 0 Å². The van der Waals surface area contributed by atoms with Crippen molar-refractivity contribution in [2.75, 3.05) is 0 Å². The van der Waals surface area contributed by atoms with Gasteiger partial charge in [0.1, 0.15) is 5.82 Å². The van der Waals surface area contributed by atoms with Gasteiger partial charge >= 0.3 is 0 Å². The van der Waals surface area contributed by atoms with E-state index in [1.165, 1.54) is 17.7 Å². The van der Waals surface area contributed by atoms with Crippen LogP contribution in [0.3, 0.4) is 0 Å². The minimum atomic E-state index is -0.191. The van der Waals surface area contributed by atoms with Crippen LogP contribution in [-0.2, 0) is 0 Å². The maximum absolute atomic E-state index is 12.9. The summed E-state index contributed by atoms with van der Waals surface area (Å²) < 4.78 is 12.9. The molecule has 3 rings (SSSR count). The first kappa shape index (κ1) is 11.1. The van der Waals surface area contributed by atoms with Gasteiger partial charge in [0.05, 0.1) is 6.04 Å². The Balaban J connectivity index is 1.85. The first-order valence-electron chi connectivity index (χ1n) is 6.20. The molecule has 0 aliphatic carbocycles. The van der Waals surface area contributed by atoms with Gasteiger partial charge in [0, 0.05) is 5.71 Å². The molecule has 90 valence electrons. The summed E-state index contributed by atoms with van der Waals surface area (Å²) in [5.74, 6) is -0.191. The Kier molecular flexibility index (Phi) is 2.93. The van der Waals surface area contributed by atoms with Gasteiger partial charge in [0.15, 0.2) is 0 Å². The third-order valence-corrected chi connectivity index (χ3v) is 3.33. The predicted octanol–water partition coefficient (Wildman–Crippen LogP) is 4.15. The fraction of sp³-hybridized carbons (Fsp3) is 0.188. The summed E-state index contributed by atoms with van der Waals surface area (Å²) in [5.41, 5.74) is 3.45. The SMILES string of the molecule is Fc1ccc(C2CCC(c3ccccc3)=N2)cc1. The lowest BCUT2D eigenvalue weighted by atomic mass is 10.0. The van der Waals surface area contributed by atoms with Crippen LogP contribution < -0.4 is 0 Å². The molecule has 0 saturated heterocycles. The van der Waals surface area contributed by atoms with Crippen LogP contribution in [0.4, 0.5) is 4.39 Å². The van der Waals surface area contributed by atoms with Crippen LogP contribution in [-0.4, -0.2) is 5.71 Å². The van der Waals surface area contributed by atoms with E-state index in [0.717, 1.165) is 24.1 Å². The highest BCUT2D eigenvalue weighted by molar-refractivity contribution is 6.01. The van der Waals surface area contributed by atoms with Gasteiger partial charge in [-0.3, -0.25) is 4.99 Å². The zero-order valence-corrected chi connectivity index (χ0v) is 10.0. The lowest BCUT2D eigenvalue weighted by Crippen LogP contribution is -1.94. The molecule has 1 aliphatic heterocycles. The second kappa shape index (κ2) is 4.73. The van der Waals surface area contributed by atoms with Gasteiger partial charge in [-0.25, -0.2) is 4.39 Å². The van der Waals surface area contributed by atoms with Gasteiger partial charge in [-0.2, -0.15) is 0 Å². The Labute approximate surface area is 106 Å². The van der Waals surface area contributed by atoms with Crippen LogP contribution in [0, 0.1) is 5.82 Å². The molecule has 1 heterocycles. The molecule has 18 heavy (non-hydrogen) atoms. The molecule has 0 amide bonds. The summed E-state index contributed by atoms with van der Waals surface area (Å²) in [4.78, 5) is 4.75. The van der Waals surface area contributed by atoms with Gasteiger partial charge in [-0.05, 0) is 36.1 Å². The highest BCUT2D eigenvalue weighted by atomic mass is 19.1. The van der Waals surface area contributed by atoms with E-state index >= 15 is 0 Å². The van der Waals surface area contributed by atoms with Crippen molar-refractivity contribution in [2.45, 2.75) is 18.9 Å². The molecule has 0 saturated carbocycles. The Hall–Kier alpha value is -1.96. The average molecular weight is 239 g/mol. The van der Waals surface area contributed by atoms with Crippen LogP contribution in [0.15, 0.2) is 59.6 Å². The first-order chi connectivity index (χ1) is 8.83. The molecule has 1 atom stereocenters. The van der Waals surface area contributed by atoms with Crippen molar-refractivity contribution in [3.05, 3.63) is 71.5 Å². The number of rotatable bonds is 2. The van der Waals surface area contributed by atoms with Crippen LogP contribution in [0.2, 0.25) is 0 Å². The van der Waals surface area contributed by atoms with Crippen LogP contribution >= 0.6 is 0 Å². The molecule has 0 spiro atoms. The smallest absolute Gasteiger partial charge is 0.123 e. The molecule has 2 heteroatoms. The number of aliphatic imine (C=N–C) groups is 1. The number of hydrogen-bond donors (Lipinski definition) is 0. The molecule has 1 unspecified atom stereocenters. The summed E-state index contributed by atoms with van der Waals surface area (Å²) in [6.07, 6.45) is 2.00. The van der Waals surface area contributed by atoms with E-state index < -0.39 is 0 Å². The molecule has 1 aliphatic rings. The molecular formula is C16H14FN. The summed E-state index contributed by atoms with van der Waals surface area (Å²) in [6, 6.07) is 17.1. The third kappa shape index (κ3) is 2.19. The lowest BCUT2D eigenvalue weighted by molar-refractivity contribution is 0.624. The Morgan fingerprint density at radius 1 is 0.944 bits per heavy atom. The molecule has 0 radical (unpaired) electrons. The molecule has 0 N–H and O–H groups in total. The van der Waals surface area contributed by atoms with Crippen LogP contribution in [0.1, 0.15) is 30.0 Å². The van der Waals surface area contributed by atoms with Crippen LogP contribution in [0.5, 0.6) is 0 Å². The highest BCUT2D eigenvalue weighted by Crippen LogP contribution is 2.30. The normalized spacial score (nSPS) is 18.7. The van der Waals surface area contributed by atoms with E-state index in [1.54, 1.807) is 0 Å². The minimum absolute atomic E-state index is 0.181. The van der Waals surface area contributed by atoms with Gasteiger partial charge < -0.3 is 0 Å². The molecule has 0 bridgehead atoms.